The van der Waals surface area contributed by atoms with Gasteiger partial charge in [0.05, 0.1) is 16.9 Å². The minimum absolute atomic E-state index is 0.156. The summed E-state index contributed by atoms with van der Waals surface area (Å²) in [6.45, 7) is 2.50. The van der Waals surface area contributed by atoms with Crippen molar-refractivity contribution in [1.29, 1.82) is 5.26 Å². The molecule has 1 aromatic heterocycles. The standard InChI is InChI=1S/C16H13F3N4O2/c1-9-10(2)22-23(15(25)11(9)7-20)8-14(24)21-13-6-4-3-5-12(13)16(17,18)19/h3-6H,8H2,1-2H3,(H,21,24). The molecule has 130 valence electrons. The van der Waals surface area contributed by atoms with Crippen molar-refractivity contribution in [3.05, 3.63) is 57.0 Å². The van der Waals surface area contributed by atoms with E-state index in [-0.39, 0.29) is 5.56 Å². The Labute approximate surface area is 140 Å². The highest BCUT2D eigenvalue weighted by atomic mass is 19.4. The normalized spacial score (nSPS) is 11.0. The van der Waals surface area contributed by atoms with Gasteiger partial charge in [-0.05, 0) is 31.5 Å². The molecule has 6 nitrogen and oxygen atoms in total. The van der Waals surface area contributed by atoms with E-state index >= 15 is 0 Å². The fourth-order valence-electron chi connectivity index (χ4n) is 2.18. The molecule has 25 heavy (non-hydrogen) atoms. The lowest BCUT2D eigenvalue weighted by atomic mass is 10.1. The van der Waals surface area contributed by atoms with Gasteiger partial charge in [0, 0.05) is 0 Å². The third-order valence-corrected chi connectivity index (χ3v) is 3.55. The van der Waals surface area contributed by atoms with Gasteiger partial charge in [-0.2, -0.15) is 23.5 Å². The Morgan fingerprint density at radius 3 is 2.56 bits per heavy atom. The molecular weight excluding hydrogens is 337 g/mol. The van der Waals surface area contributed by atoms with E-state index < -0.39 is 35.4 Å². The maximum absolute atomic E-state index is 12.9. The van der Waals surface area contributed by atoms with Gasteiger partial charge in [0.2, 0.25) is 5.91 Å². The predicted molar refractivity (Wildman–Crippen MR) is 82.8 cm³/mol. The number of halogens is 3. The number of carbonyl (C=O) groups is 1. The molecule has 9 heteroatoms. The number of hydrogen-bond acceptors (Lipinski definition) is 4. The van der Waals surface area contributed by atoms with Crippen molar-refractivity contribution < 1.29 is 18.0 Å². The summed E-state index contributed by atoms with van der Waals surface area (Å²) >= 11 is 0. The van der Waals surface area contributed by atoms with Crippen LogP contribution in [0.25, 0.3) is 0 Å². The molecule has 0 unspecified atom stereocenters. The lowest BCUT2D eigenvalue weighted by molar-refractivity contribution is -0.137. The van der Waals surface area contributed by atoms with Crippen LogP contribution in [0.3, 0.4) is 0 Å². The summed E-state index contributed by atoms with van der Waals surface area (Å²) in [4.78, 5) is 24.2. The maximum atomic E-state index is 12.9. The average molecular weight is 350 g/mol. The third kappa shape index (κ3) is 3.85. The number of nitriles is 1. The zero-order valence-electron chi connectivity index (χ0n) is 13.3. The van der Waals surface area contributed by atoms with Crippen LogP contribution in [-0.4, -0.2) is 15.7 Å². The Morgan fingerprint density at radius 1 is 1.32 bits per heavy atom. The second-order valence-corrected chi connectivity index (χ2v) is 5.25. The first-order valence-electron chi connectivity index (χ1n) is 7.09. The molecule has 0 bridgehead atoms. The van der Waals surface area contributed by atoms with Crippen molar-refractivity contribution >= 4 is 11.6 Å². The molecule has 0 aliphatic carbocycles. The number of amides is 1. The molecule has 0 radical (unpaired) electrons. The molecule has 1 heterocycles. The van der Waals surface area contributed by atoms with Crippen molar-refractivity contribution in [2.24, 2.45) is 0 Å². The van der Waals surface area contributed by atoms with E-state index in [0.29, 0.717) is 11.3 Å². The zero-order valence-corrected chi connectivity index (χ0v) is 13.3. The van der Waals surface area contributed by atoms with Crippen molar-refractivity contribution in [1.82, 2.24) is 9.78 Å². The number of carbonyl (C=O) groups excluding carboxylic acids is 1. The largest absolute Gasteiger partial charge is 0.418 e. The highest BCUT2D eigenvalue weighted by Gasteiger charge is 2.33. The molecule has 1 amide bonds. The fourth-order valence-corrected chi connectivity index (χ4v) is 2.18. The Kier molecular flexibility index (Phi) is 4.92. The summed E-state index contributed by atoms with van der Waals surface area (Å²) in [5.74, 6) is -0.863. The van der Waals surface area contributed by atoms with Gasteiger partial charge in [-0.15, -0.1) is 0 Å². The van der Waals surface area contributed by atoms with Crippen molar-refractivity contribution in [3.8, 4) is 6.07 Å². The minimum Gasteiger partial charge on any atom is -0.324 e. The van der Waals surface area contributed by atoms with Crippen molar-refractivity contribution in [2.45, 2.75) is 26.6 Å². The maximum Gasteiger partial charge on any atom is 0.418 e. The number of hydrogen-bond donors (Lipinski definition) is 1. The van der Waals surface area contributed by atoms with Crippen LogP contribution in [0.5, 0.6) is 0 Å². The van der Waals surface area contributed by atoms with Gasteiger partial charge in [-0.3, -0.25) is 9.59 Å². The van der Waals surface area contributed by atoms with Crippen molar-refractivity contribution in [2.75, 3.05) is 5.32 Å². The molecule has 0 atom stereocenters. The molecular formula is C16H13F3N4O2. The quantitative estimate of drug-likeness (QED) is 0.921. The summed E-state index contributed by atoms with van der Waals surface area (Å²) in [7, 11) is 0. The minimum atomic E-state index is -4.63. The number of nitrogens with zero attached hydrogens (tertiary/aromatic N) is 3. The van der Waals surface area contributed by atoms with Crippen molar-refractivity contribution in [3.63, 3.8) is 0 Å². The molecule has 2 aromatic rings. The summed E-state index contributed by atoms with van der Waals surface area (Å²) in [5, 5.41) is 15.1. The van der Waals surface area contributed by atoms with Gasteiger partial charge in [-0.25, -0.2) is 4.68 Å². The van der Waals surface area contributed by atoms with Gasteiger partial charge in [-0.1, -0.05) is 12.1 Å². The van der Waals surface area contributed by atoms with E-state index in [4.69, 9.17) is 5.26 Å². The second kappa shape index (κ2) is 6.76. The molecule has 1 N–H and O–H groups in total. The number of alkyl halides is 3. The van der Waals surface area contributed by atoms with Gasteiger partial charge in [0.15, 0.2) is 0 Å². The summed E-state index contributed by atoms with van der Waals surface area (Å²) in [6, 6.07) is 6.24. The molecule has 1 aromatic carbocycles. The van der Waals surface area contributed by atoms with Crippen LogP contribution in [-0.2, 0) is 17.5 Å². The summed E-state index contributed by atoms with van der Waals surface area (Å²) in [5.41, 5.74) is -1.58. The highest BCUT2D eigenvalue weighted by molar-refractivity contribution is 5.91. The van der Waals surface area contributed by atoms with Crippen LogP contribution < -0.4 is 10.9 Å². The number of rotatable bonds is 3. The number of para-hydroxylation sites is 1. The van der Waals surface area contributed by atoms with Gasteiger partial charge in [0.25, 0.3) is 5.56 Å². The summed E-state index contributed by atoms with van der Waals surface area (Å²) in [6.07, 6.45) is -4.63. The van der Waals surface area contributed by atoms with Crippen LogP contribution in [0.15, 0.2) is 29.1 Å². The van der Waals surface area contributed by atoms with E-state index in [1.807, 2.05) is 0 Å². The summed E-state index contributed by atoms with van der Waals surface area (Å²) < 4.78 is 39.5. The molecule has 0 saturated heterocycles. The van der Waals surface area contributed by atoms with Gasteiger partial charge >= 0.3 is 6.18 Å². The first kappa shape index (κ1) is 18.2. The molecule has 0 fully saturated rings. The number of nitrogens with one attached hydrogen (secondary N) is 1. The number of aromatic nitrogens is 2. The Morgan fingerprint density at radius 2 is 1.96 bits per heavy atom. The third-order valence-electron chi connectivity index (χ3n) is 3.55. The fraction of sp³-hybridized carbons (Fsp3) is 0.250. The SMILES string of the molecule is Cc1nn(CC(=O)Nc2ccccc2C(F)(F)F)c(=O)c(C#N)c1C. The lowest BCUT2D eigenvalue weighted by Gasteiger charge is -2.14. The number of anilines is 1. The average Bonchev–Trinajstić information content (AvgIpc) is 2.52. The van der Waals surface area contributed by atoms with E-state index in [2.05, 4.69) is 10.4 Å². The van der Waals surface area contributed by atoms with Gasteiger partial charge in [0.1, 0.15) is 18.2 Å². The van der Waals surface area contributed by atoms with Crippen LogP contribution in [0.2, 0.25) is 0 Å². The van der Waals surface area contributed by atoms with E-state index in [1.165, 1.54) is 12.1 Å². The lowest BCUT2D eigenvalue weighted by Crippen LogP contribution is -2.32. The molecule has 0 saturated carbocycles. The molecule has 0 aliphatic heterocycles. The van der Waals surface area contributed by atoms with Crippen LogP contribution in [0.4, 0.5) is 18.9 Å². The van der Waals surface area contributed by atoms with E-state index in [0.717, 1.165) is 16.8 Å². The second-order valence-electron chi connectivity index (χ2n) is 5.25. The Balaban J connectivity index is 2.31. The Bertz CT molecular complexity index is 926. The molecule has 0 spiro atoms. The van der Waals surface area contributed by atoms with Crippen LogP contribution >= 0.6 is 0 Å². The topological polar surface area (TPSA) is 87.8 Å². The van der Waals surface area contributed by atoms with Gasteiger partial charge < -0.3 is 5.32 Å². The molecule has 2 rings (SSSR count). The first-order valence-corrected chi connectivity index (χ1v) is 7.09. The van der Waals surface area contributed by atoms with E-state index in [9.17, 15) is 22.8 Å². The number of benzene rings is 1. The number of aryl methyl sites for hydroxylation is 1. The highest BCUT2D eigenvalue weighted by Crippen LogP contribution is 2.34. The van der Waals surface area contributed by atoms with Crippen LogP contribution in [0, 0.1) is 25.2 Å². The molecule has 0 aliphatic rings. The predicted octanol–water partition coefficient (Wildman–Crippen LogP) is 2.39. The zero-order chi connectivity index (χ0) is 18.8. The van der Waals surface area contributed by atoms with Crippen LogP contribution in [0.1, 0.15) is 22.4 Å². The Hall–Kier alpha value is -3.15. The smallest absolute Gasteiger partial charge is 0.324 e. The van der Waals surface area contributed by atoms with E-state index in [1.54, 1.807) is 19.9 Å². The first-order chi connectivity index (χ1) is 11.6. The monoisotopic (exact) mass is 350 g/mol.